The van der Waals surface area contributed by atoms with Gasteiger partial charge in [-0.25, -0.2) is 0 Å². The van der Waals surface area contributed by atoms with Crippen LogP contribution in [0.1, 0.15) is 0 Å². The first kappa shape index (κ1) is 27.6. The van der Waals surface area contributed by atoms with Crippen LogP contribution in [0.3, 0.4) is 0 Å². The molecule has 0 fully saturated rings. The molecule has 0 radical (unpaired) electrons. The Morgan fingerprint density at radius 2 is 0.806 bits per heavy atom. The molecule has 0 aliphatic carbocycles. The highest BCUT2D eigenvalue weighted by atomic mass is 16.6. The van der Waals surface area contributed by atoms with Crippen molar-refractivity contribution in [1.82, 2.24) is 4.90 Å². The molecule has 1 N–H and O–H groups in total. The van der Waals surface area contributed by atoms with Crippen molar-refractivity contribution in [2.24, 2.45) is 0 Å². The summed E-state index contributed by atoms with van der Waals surface area (Å²) in [4.78, 5) is 23.8. The van der Waals surface area contributed by atoms with Gasteiger partial charge in [-0.05, 0) is 0 Å². The summed E-state index contributed by atoms with van der Waals surface area (Å²) in [7, 11) is 0. The topological polar surface area (TPSA) is 122 Å². The maximum atomic E-state index is 11.3. The number of hydrogen-bond acceptors (Lipinski definition) is 10. The summed E-state index contributed by atoms with van der Waals surface area (Å²) in [5.41, 5.74) is 0. The number of aliphatic hydroxyl groups excluding tert-OH is 1. The molecule has 0 bridgehead atoms. The molecule has 1 rings (SSSR count). The first-order valence-electron chi connectivity index (χ1n) is 10.4. The average Bonchev–Trinajstić information content (AvgIpc) is 3.09. The second-order valence-corrected chi connectivity index (χ2v) is 6.17. The lowest BCUT2D eigenvalue weighted by atomic mass is 10.5. The standard InChI is InChI=1S/C20H35NO10/c22-4-6-26-8-10-28-12-14-30-16-18-31-17-15-29-13-11-27-9-7-25-5-3-21-19(23)1-2-20(21)24/h1-2,22H,3-18H2. The third-order valence-electron chi connectivity index (χ3n) is 3.83. The lowest BCUT2D eigenvalue weighted by Gasteiger charge is -2.13. The fourth-order valence-electron chi connectivity index (χ4n) is 2.29. The maximum Gasteiger partial charge on any atom is 0.253 e. The molecular weight excluding hydrogens is 414 g/mol. The van der Waals surface area contributed by atoms with Gasteiger partial charge in [0.15, 0.2) is 0 Å². The van der Waals surface area contributed by atoms with Crippen LogP contribution in [0.4, 0.5) is 0 Å². The van der Waals surface area contributed by atoms with Crippen molar-refractivity contribution in [2.45, 2.75) is 0 Å². The van der Waals surface area contributed by atoms with Crippen molar-refractivity contribution < 1.29 is 47.9 Å². The van der Waals surface area contributed by atoms with E-state index in [-0.39, 0.29) is 31.6 Å². The first-order valence-corrected chi connectivity index (χ1v) is 10.4. The summed E-state index contributed by atoms with van der Waals surface area (Å²) < 4.78 is 37.2. The number of carbonyl (C=O) groups excluding carboxylic acids is 2. The van der Waals surface area contributed by atoms with Crippen LogP contribution in [0.15, 0.2) is 12.2 Å². The SMILES string of the molecule is O=C1C=CC(=O)N1CCOCCOCCOCCOCCOCCOCCOCCO. The predicted molar refractivity (Wildman–Crippen MR) is 109 cm³/mol. The van der Waals surface area contributed by atoms with Crippen LogP contribution in [-0.2, 0) is 42.7 Å². The Morgan fingerprint density at radius 3 is 1.13 bits per heavy atom. The molecule has 11 nitrogen and oxygen atoms in total. The monoisotopic (exact) mass is 449 g/mol. The number of aliphatic hydroxyl groups is 1. The van der Waals surface area contributed by atoms with E-state index < -0.39 is 0 Å². The van der Waals surface area contributed by atoms with Gasteiger partial charge < -0.3 is 38.3 Å². The largest absolute Gasteiger partial charge is 0.394 e. The van der Waals surface area contributed by atoms with E-state index in [0.717, 1.165) is 4.90 Å². The zero-order valence-electron chi connectivity index (χ0n) is 18.0. The molecule has 0 aromatic heterocycles. The summed E-state index contributed by atoms with van der Waals surface area (Å²) in [6.45, 7) is 6.45. The van der Waals surface area contributed by atoms with Crippen LogP contribution < -0.4 is 0 Å². The van der Waals surface area contributed by atoms with Gasteiger partial charge in [-0.15, -0.1) is 0 Å². The smallest absolute Gasteiger partial charge is 0.253 e. The Hall–Kier alpha value is -1.44. The Labute approximate surface area is 183 Å². The number of rotatable bonds is 23. The summed E-state index contributed by atoms with van der Waals surface area (Å²) in [5.74, 6) is -0.609. The van der Waals surface area contributed by atoms with E-state index in [2.05, 4.69) is 0 Å². The fraction of sp³-hybridized carbons (Fsp3) is 0.800. The summed E-state index contributed by atoms with van der Waals surface area (Å²) >= 11 is 0. The van der Waals surface area contributed by atoms with Gasteiger partial charge in [0.1, 0.15) is 0 Å². The molecule has 31 heavy (non-hydrogen) atoms. The highest BCUT2D eigenvalue weighted by molar-refractivity contribution is 6.12. The quantitative estimate of drug-likeness (QED) is 0.154. The van der Waals surface area contributed by atoms with Crippen molar-refractivity contribution in [3.05, 3.63) is 12.2 Å². The lowest BCUT2D eigenvalue weighted by Crippen LogP contribution is -2.33. The minimum absolute atomic E-state index is 0.0199. The van der Waals surface area contributed by atoms with E-state index in [1.807, 2.05) is 0 Å². The number of hydrogen-bond donors (Lipinski definition) is 1. The van der Waals surface area contributed by atoms with Gasteiger partial charge in [0.25, 0.3) is 11.8 Å². The Kier molecular flexibility index (Phi) is 18.2. The van der Waals surface area contributed by atoms with E-state index in [4.69, 9.17) is 38.3 Å². The van der Waals surface area contributed by atoms with Crippen molar-refractivity contribution in [2.75, 3.05) is 106 Å². The molecular formula is C20H35NO10. The molecule has 0 saturated heterocycles. The van der Waals surface area contributed by atoms with Crippen molar-refractivity contribution >= 4 is 11.8 Å². The Bertz CT molecular complexity index is 471. The van der Waals surface area contributed by atoms with Crippen LogP contribution in [0.5, 0.6) is 0 Å². The zero-order chi connectivity index (χ0) is 22.4. The fourth-order valence-corrected chi connectivity index (χ4v) is 2.29. The van der Waals surface area contributed by atoms with E-state index in [1.54, 1.807) is 0 Å². The average molecular weight is 449 g/mol. The molecule has 180 valence electrons. The number of carbonyl (C=O) groups is 2. The number of ether oxygens (including phenoxy) is 7. The Morgan fingerprint density at radius 1 is 0.516 bits per heavy atom. The molecule has 2 amide bonds. The summed E-state index contributed by atoms with van der Waals surface area (Å²) in [5, 5.41) is 8.53. The van der Waals surface area contributed by atoms with E-state index in [9.17, 15) is 9.59 Å². The Balaban J connectivity index is 1.68. The molecule has 1 aliphatic heterocycles. The van der Waals surface area contributed by atoms with Gasteiger partial charge in [-0.3, -0.25) is 14.5 Å². The second kappa shape index (κ2) is 20.5. The molecule has 1 heterocycles. The van der Waals surface area contributed by atoms with Crippen molar-refractivity contribution in [3.8, 4) is 0 Å². The maximum absolute atomic E-state index is 11.3. The lowest BCUT2D eigenvalue weighted by molar-refractivity contribution is -0.137. The molecule has 0 aromatic rings. The molecule has 0 unspecified atom stereocenters. The molecule has 0 aromatic carbocycles. The van der Waals surface area contributed by atoms with E-state index >= 15 is 0 Å². The van der Waals surface area contributed by atoms with Gasteiger partial charge in [-0.2, -0.15) is 0 Å². The van der Waals surface area contributed by atoms with Crippen LogP contribution in [0.25, 0.3) is 0 Å². The minimum atomic E-state index is -0.305. The zero-order valence-corrected chi connectivity index (χ0v) is 18.0. The number of nitrogens with zero attached hydrogens (tertiary/aromatic N) is 1. The predicted octanol–water partition coefficient (Wildman–Crippen LogP) is -0.980. The van der Waals surface area contributed by atoms with Gasteiger partial charge >= 0.3 is 0 Å². The normalized spacial score (nSPS) is 13.6. The first-order chi connectivity index (χ1) is 15.3. The van der Waals surface area contributed by atoms with Gasteiger partial charge in [0.05, 0.1) is 106 Å². The molecule has 1 aliphatic rings. The van der Waals surface area contributed by atoms with Crippen LogP contribution in [0.2, 0.25) is 0 Å². The third kappa shape index (κ3) is 15.9. The van der Waals surface area contributed by atoms with E-state index in [1.165, 1.54) is 12.2 Å². The summed E-state index contributed by atoms with van der Waals surface area (Å²) in [6, 6.07) is 0. The van der Waals surface area contributed by atoms with Crippen molar-refractivity contribution in [1.29, 1.82) is 0 Å². The molecule has 0 saturated carbocycles. The van der Waals surface area contributed by atoms with Crippen LogP contribution >= 0.6 is 0 Å². The third-order valence-corrected chi connectivity index (χ3v) is 3.83. The minimum Gasteiger partial charge on any atom is -0.394 e. The number of amides is 2. The van der Waals surface area contributed by atoms with Crippen LogP contribution in [0, 0.1) is 0 Å². The van der Waals surface area contributed by atoms with Crippen molar-refractivity contribution in [3.63, 3.8) is 0 Å². The molecule has 0 atom stereocenters. The highest BCUT2D eigenvalue weighted by Crippen LogP contribution is 2.02. The van der Waals surface area contributed by atoms with E-state index in [0.29, 0.717) is 85.9 Å². The molecule has 11 heteroatoms. The molecule has 0 spiro atoms. The van der Waals surface area contributed by atoms with Gasteiger partial charge in [0.2, 0.25) is 0 Å². The summed E-state index contributed by atoms with van der Waals surface area (Å²) in [6.07, 6.45) is 2.51. The van der Waals surface area contributed by atoms with Crippen LogP contribution in [-0.4, -0.2) is 127 Å². The highest BCUT2D eigenvalue weighted by Gasteiger charge is 2.22. The number of imide groups is 1. The second-order valence-electron chi connectivity index (χ2n) is 6.17. The van der Waals surface area contributed by atoms with Gasteiger partial charge in [-0.1, -0.05) is 0 Å². The van der Waals surface area contributed by atoms with Gasteiger partial charge in [0, 0.05) is 12.2 Å².